The van der Waals surface area contributed by atoms with Crippen LogP contribution in [0.4, 0.5) is 5.69 Å². The molecule has 5 nitrogen and oxygen atoms in total. The molecule has 3 aliphatic rings. The van der Waals surface area contributed by atoms with Crippen molar-refractivity contribution < 1.29 is 19.4 Å². The SMILES string of the molecule is Cc1cccc(C)c1NC(=O)[C@@H]1[C@H]2C[C@H]3[C@H](OC(=O)[C@@H]31)[C@@H]2O. The molecule has 0 radical (unpaired) electrons. The Morgan fingerprint density at radius 1 is 1.27 bits per heavy atom. The van der Waals surface area contributed by atoms with Crippen molar-refractivity contribution in [2.45, 2.75) is 32.5 Å². The molecule has 22 heavy (non-hydrogen) atoms. The summed E-state index contributed by atoms with van der Waals surface area (Å²) < 4.78 is 5.26. The Kier molecular flexibility index (Phi) is 2.85. The minimum atomic E-state index is -0.707. The van der Waals surface area contributed by atoms with Crippen molar-refractivity contribution >= 4 is 17.6 Å². The minimum absolute atomic E-state index is 0.00113. The van der Waals surface area contributed by atoms with E-state index in [1.54, 1.807) is 0 Å². The number of benzene rings is 1. The average molecular weight is 301 g/mol. The van der Waals surface area contributed by atoms with Gasteiger partial charge in [0.1, 0.15) is 6.10 Å². The van der Waals surface area contributed by atoms with Crippen LogP contribution in [0.5, 0.6) is 0 Å². The fourth-order valence-corrected chi connectivity index (χ4v) is 4.59. The van der Waals surface area contributed by atoms with Gasteiger partial charge in [0.15, 0.2) is 0 Å². The maximum atomic E-state index is 12.8. The summed E-state index contributed by atoms with van der Waals surface area (Å²) in [7, 11) is 0. The van der Waals surface area contributed by atoms with Crippen LogP contribution in [0.1, 0.15) is 17.5 Å². The van der Waals surface area contributed by atoms with Crippen molar-refractivity contribution in [1.29, 1.82) is 0 Å². The van der Waals surface area contributed by atoms with Crippen LogP contribution in [0.2, 0.25) is 0 Å². The first kappa shape index (κ1) is 13.8. The van der Waals surface area contributed by atoms with E-state index in [2.05, 4.69) is 5.32 Å². The predicted octanol–water partition coefficient (Wildman–Crippen LogP) is 1.41. The van der Waals surface area contributed by atoms with Gasteiger partial charge in [-0.2, -0.15) is 0 Å². The van der Waals surface area contributed by atoms with Crippen molar-refractivity contribution in [3.63, 3.8) is 0 Å². The second-order valence-corrected chi connectivity index (χ2v) is 6.76. The number of para-hydroxylation sites is 1. The molecule has 2 aliphatic carbocycles. The summed E-state index contributed by atoms with van der Waals surface area (Å²) >= 11 is 0. The lowest BCUT2D eigenvalue weighted by molar-refractivity contribution is -0.146. The number of esters is 1. The Morgan fingerprint density at radius 3 is 2.64 bits per heavy atom. The molecule has 2 N–H and O–H groups in total. The normalized spacial score (nSPS) is 38.2. The second kappa shape index (κ2) is 4.56. The van der Waals surface area contributed by atoms with E-state index >= 15 is 0 Å². The zero-order valence-corrected chi connectivity index (χ0v) is 12.6. The molecule has 1 aromatic rings. The Labute approximate surface area is 128 Å². The molecule has 0 aromatic heterocycles. The van der Waals surface area contributed by atoms with Crippen LogP contribution in [0.3, 0.4) is 0 Å². The smallest absolute Gasteiger partial charge is 0.310 e. The van der Waals surface area contributed by atoms with Gasteiger partial charge in [-0.05, 0) is 31.4 Å². The van der Waals surface area contributed by atoms with E-state index < -0.39 is 18.1 Å². The first-order chi connectivity index (χ1) is 10.5. The number of fused-ring (bicyclic) bond motifs is 1. The van der Waals surface area contributed by atoms with Crippen molar-refractivity contribution in [2.24, 2.45) is 23.7 Å². The molecule has 1 aliphatic heterocycles. The lowest BCUT2D eigenvalue weighted by Crippen LogP contribution is -2.42. The van der Waals surface area contributed by atoms with Gasteiger partial charge in [-0.3, -0.25) is 9.59 Å². The largest absolute Gasteiger partial charge is 0.459 e. The van der Waals surface area contributed by atoms with Gasteiger partial charge in [-0.15, -0.1) is 0 Å². The number of hydrogen-bond donors (Lipinski definition) is 2. The predicted molar refractivity (Wildman–Crippen MR) is 79.0 cm³/mol. The minimum Gasteiger partial charge on any atom is -0.459 e. The third-order valence-electron chi connectivity index (χ3n) is 5.61. The van der Waals surface area contributed by atoms with Crippen molar-refractivity contribution in [3.8, 4) is 0 Å². The highest BCUT2D eigenvalue weighted by atomic mass is 16.6. The maximum absolute atomic E-state index is 12.8. The van der Waals surface area contributed by atoms with Gasteiger partial charge in [-0.25, -0.2) is 0 Å². The summed E-state index contributed by atoms with van der Waals surface area (Å²) in [5.74, 6) is -1.54. The maximum Gasteiger partial charge on any atom is 0.310 e. The van der Waals surface area contributed by atoms with Gasteiger partial charge in [0.2, 0.25) is 5.91 Å². The number of aryl methyl sites for hydroxylation is 2. The molecular formula is C17H19NO4. The van der Waals surface area contributed by atoms with Gasteiger partial charge >= 0.3 is 5.97 Å². The Morgan fingerprint density at radius 2 is 1.95 bits per heavy atom. The van der Waals surface area contributed by atoms with Crippen LogP contribution >= 0.6 is 0 Å². The van der Waals surface area contributed by atoms with E-state index in [0.29, 0.717) is 6.42 Å². The number of carbonyl (C=O) groups is 2. The van der Waals surface area contributed by atoms with E-state index in [9.17, 15) is 14.7 Å². The molecule has 0 unspecified atom stereocenters. The molecule has 3 fully saturated rings. The monoisotopic (exact) mass is 301 g/mol. The number of anilines is 1. The molecule has 2 saturated carbocycles. The standard InChI is InChI=1S/C17H19NO4/c1-7-4-3-5-8(2)13(7)18-16(20)11-9-6-10-12(11)17(21)22-15(10)14(9)19/h3-5,9-12,14-15,19H,6H2,1-2H3,(H,18,20)/t9-,10-,11-,12+,14-,15+/m1/s1. The summed E-state index contributed by atoms with van der Waals surface area (Å²) in [6, 6.07) is 5.83. The third kappa shape index (κ3) is 1.69. The fourth-order valence-electron chi connectivity index (χ4n) is 4.59. The molecule has 116 valence electrons. The Bertz CT molecular complexity index is 650. The first-order valence-corrected chi connectivity index (χ1v) is 7.74. The molecule has 5 heteroatoms. The molecule has 6 atom stereocenters. The van der Waals surface area contributed by atoms with Gasteiger partial charge in [0, 0.05) is 17.5 Å². The summed E-state index contributed by atoms with van der Waals surface area (Å²) in [6.45, 7) is 3.89. The quantitative estimate of drug-likeness (QED) is 0.810. The second-order valence-electron chi connectivity index (χ2n) is 6.76. The number of aliphatic hydroxyl groups excluding tert-OH is 1. The fraction of sp³-hybridized carbons (Fsp3) is 0.529. The van der Waals surface area contributed by atoms with Crippen molar-refractivity contribution in [3.05, 3.63) is 29.3 Å². The van der Waals surface area contributed by atoms with Crippen LogP contribution in [0, 0.1) is 37.5 Å². The van der Waals surface area contributed by atoms with Gasteiger partial charge in [0.05, 0.1) is 17.9 Å². The third-order valence-corrected chi connectivity index (χ3v) is 5.61. The summed E-state index contributed by atoms with van der Waals surface area (Å²) in [6.07, 6.45) is -0.402. The number of amides is 1. The molecular weight excluding hydrogens is 282 g/mol. The van der Waals surface area contributed by atoms with E-state index in [-0.39, 0.29) is 29.6 Å². The molecule has 1 saturated heterocycles. The summed E-state index contributed by atoms with van der Waals surface area (Å²) in [5.41, 5.74) is 2.78. The molecule has 1 heterocycles. The van der Waals surface area contributed by atoms with Crippen molar-refractivity contribution in [2.75, 3.05) is 5.32 Å². The van der Waals surface area contributed by atoms with Crippen LogP contribution < -0.4 is 5.32 Å². The van der Waals surface area contributed by atoms with E-state index in [0.717, 1.165) is 16.8 Å². The molecule has 0 spiro atoms. The highest BCUT2D eigenvalue weighted by Gasteiger charge is 2.68. The number of hydrogen-bond acceptors (Lipinski definition) is 4. The Hall–Kier alpha value is -1.88. The van der Waals surface area contributed by atoms with Crippen molar-refractivity contribution in [1.82, 2.24) is 0 Å². The zero-order chi connectivity index (χ0) is 15.6. The molecule has 1 amide bonds. The lowest BCUT2D eigenvalue weighted by atomic mass is 9.78. The summed E-state index contributed by atoms with van der Waals surface area (Å²) in [5, 5.41) is 13.2. The average Bonchev–Trinajstić information content (AvgIpc) is 3.07. The van der Waals surface area contributed by atoms with Gasteiger partial charge in [-0.1, -0.05) is 18.2 Å². The highest BCUT2D eigenvalue weighted by molar-refractivity contribution is 5.98. The van der Waals surface area contributed by atoms with E-state index in [1.165, 1.54) is 0 Å². The Balaban J connectivity index is 1.63. The first-order valence-electron chi connectivity index (χ1n) is 7.74. The summed E-state index contributed by atoms with van der Waals surface area (Å²) in [4.78, 5) is 24.8. The lowest BCUT2D eigenvalue weighted by Gasteiger charge is -2.28. The van der Waals surface area contributed by atoms with E-state index in [1.807, 2.05) is 32.0 Å². The number of rotatable bonds is 2. The van der Waals surface area contributed by atoms with Crippen LogP contribution in [-0.4, -0.2) is 29.2 Å². The van der Waals surface area contributed by atoms with Crippen LogP contribution in [0.25, 0.3) is 0 Å². The highest BCUT2D eigenvalue weighted by Crippen LogP contribution is 2.57. The number of carbonyl (C=O) groups excluding carboxylic acids is 2. The number of aliphatic hydroxyl groups is 1. The molecule has 1 aromatic carbocycles. The van der Waals surface area contributed by atoms with Gasteiger partial charge < -0.3 is 15.2 Å². The molecule has 4 rings (SSSR count). The zero-order valence-electron chi connectivity index (χ0n) is 12.6. The van der Waals surface area contributed by atoms with Crippen LogP contribution in [0.15, 0.2) is 18.2 Å². The number of ether oxygens (including phenoxy) is 1. The number of nitrogens with one attached hydrogen (secondary N) is 1. The van der Waals surface area contributed by atoms with Gasteiger partial charge in [0.25, 0.3) is 0 Å². The van der Waals surface area contributed by atoms with Crippen LogP contribution in [-0.2, 0) is 14.3 Å². The van der Waals surface area contributed by atoms with E-state index in [4.69, 9.17) is 4.74 Å². The molecule has 2 bridgehead atoms. The topological polar surface area (TPSA) is 75.6 Å².